The second-order valence-electron chi connectivity index (χ2n) is 5.78. The molecular weight excluding hydrogens is 407 g/mol. The molecule has 0 saturated heterocycles. The molecule has 26 heavy (non-hydrogen) atoms. The zero-order valence-corrected chi connectivity index (χ0v) is 15.3. The summed E-state index contributed by atoms with van der Waals surface area (Å²) in [5, 5.41) is 8.64. The van der Waals surface area contributed by atoms with E-state index in [9.17, 15) is 14.0 Å². The molecule has 0 atom stereocenters. The second kappa shape index (κ2) is 7.29. The minimum atomic E-state index is -1.21. The van der Waals surface area contributed by atoms with Crippen LogP contribution in [0.2, 0.25) is 0 Å². The van der Waals surface area contributed by atoms with Gasteiger partial charge in [-0.3, -0.25) is 4.79 Å². The molecule has 0 fully saturated rings. The van der Waals surface area contributed by atoms with Crippen LogP contribution in [-0.4, -0.2) is 30.1 Å². The van der Waals surface area contributed by atoms with Crippen LogP contribution in [-0.2, 0) is 4.79 Å². The van der Waals surface area contributed by atoms with Gasteiger partial charge < -0.3 is 14.6 Å². The predicted molar refractivity (Wildman–Crippen MR) is 96.2 cm³/mol. The Bertz CT molecular complexity index is 936. The van der Waals surface area contributed by atoms with Gasteiger partial charge in [-0.1, -0.05) is 6.07 Å². The third-order valence-corrected chi connectivity index (χ3v) is 4.33. The lowest BCUT2D eigenvalue weighted by Gasteiger charge is -2.20. The molecule has 0 unspecified atom stereocenters. The van der Waals surface area contributed by atoms with Crippen LogP contribution in [0.25, 0.3) is 6.08 Å². The van der Waals surface area contributed by atoms with Crippen LogP contribution >= 0.6 is 15.9 Å². The summed E-state index contributed by atoms with van der Waals surface area (Å²) in [6.45, 7) is 1.30. The Morgan fingerprint density at radius 3 is 2.88 bits per heavy atom. The van der Waals surface area contributed by atoms with Crippen molar-refractivity contribution in [3.05, 3.63) is 62.9 Å². The number of fused-ring (bicyclic) bond motifs is 1. The van der Waals surface area contributed by atoms with Gasteiger partial charge in [-0.25, -0.2) is 9.18 Å². The maximum atomic E-state index is 13.7. The molecule has 1 heterocycles. The quantitative estimate of drug-likeness (QED) is 0.756. The lowest BCUT2D eigenvalue weighted by Crippen LogP contribution is -2.19. The number of aliphatic carboxylic acids is 1. The Kier molecular flexibility index (Phi) is 5.08. The highest BCUT2D eigenvalue weighted by molar-refractivity contribution is 9.10. The summed E-state index contributed by atoms with van der Waals surface area (Å²) in [6, 6.07) is 7.60. The SMILES string of the molecule is Cc1cc(Br)c2c(c1)C(=O)/C(=C/c1ccc(F)c(OCC(=O)O)c1)CO2. The normalized spacial score (nSPS) is 14.7. The number of hydrogen-bond acceptors (Lipinski definition) is 4. The topological polar surface area (TPSA) is 72.8 Å². The van der Waals surface area contributed by atoms with E-state index in [1.165, 1.54) is 12.1 Å². The summed E-state index contributed by atoms with van der Waals surface area (Å²) >= 11 is 3.39. The van der Waals surface area contributed by atoms with Crippen LogP contribution in [0.1, 0.15) is 21.5 Å². The van der Waals surface area contributed by atoms with Crippen molar-refractivity contribution in [3.63, 3.8) is 0 Å². The van der Waals surface area contributed by atoms with E-state index in [1.54, 1.807) is 12.1 Å². The molecule has 7 heteroatoms. The number of rotatable bonds is 4. The molecule has 1 N–H and O–H groups in total. The minimum Gasteiger partial charge on any atom is -0.487 e. The van der Waals surface area contributed by atoms with E-state index in [0.717, 1.165) is 11.6 Å². The summed E-state index contributed by atoms with van der Waals surface area (Å²) in [6.07, 6.45) is 1.58. The van der Waals surface area contributed by atoms with Crippen molar-refractivity contribution in [1.82, 2.24) is 0 Å². The monoisotopic (exact) mass is 420 g/mol. The molecule has 0 amide bonds. The Morgan fingerprint density at radius 1 is 1.38 bits per heavy atom. The van der Waals surface area contributed by atoms with Gasteiger partial charge in [-0.05, 0) is 64.3 Å². The number of benzene rings is 2. The highest BCUT2D eigenvalue weighted by Gasteiger charge is 2.25. The third kappa shape index (κ3) is 3.77. The van der Waals surface area contributed by atoms with Crippen LogP contribution in [0.5, 0.6) is 11.5 Å². The Balaban J connectivity index is 1.92. The maximum absolute atomic E-state index is 13.7. The first-order chi connectivity index (χ1) is 12.3. The standard InChI is InChI=1S/C19H14BrFO5/c1-10-4-13-18(24)12(8-26-19(13)14(20)5-10)6-11-2-3-15(21)16(7-11)25-9-17(22)23/h2-7H,8-9H2,1H3,(H,22,23)/b12-6+. The molecule has 1 aliphatic rings. The first-order valence-corrected chi connectivity index (χ1v) is 8.47. The zero-order chi connectivity index (χ0) is 18.8. The number of aryl methyl sites for hydroxylation is 1. The van der Waals surface area contributed by atoms with Crippen molar-refractivity contribution < 1.29 is 28.6 Å². The smallest absolute Gasteiger partial charge is 0.341 e. The highest BCUT2D eigenvalue weighted by atomic mass is 79.9. The van der Waals surface area contributed by atoms with E-state index in [1.807, 2.05) is 13.0 Å². The fourth-order valence-corrected chi connectivity index (χ4v) is 3.29. The Labute approximate surface area is 157 Å². The Hall–Kier alpha value is -2.67. The molecule has 0 aromatic heterocycles. The fourth-order valence-electron chi connectivity index (χ4n) is 2.60. The number of Topliss-reactive ketones (excluding diaryl/α,β-unsaturated/α-hetero) is 1. The van der Waals surface area contributed by atoms with Gasteiger partial charge in [-0.2, -0.15) is 0 Å². The molecule has 1 aliphatic heterocycles. The lowest BCUT2D eigenvalue weighted by atomic mass is 9.97. The van der Waals surface area contributed by atoms with Crippen molar-refractivity contribution in [2.24, 2.45) is 0 Å². The molecule has 0 aliphatic carbocycles. The van der Waals surface area contributed by atoms with Gasteiger partial charge >= 0.3 is 5.97 Å². The molecule has 3 rings (SSSR count). The number of carbonyl (C=O) groups is 2. The zero-order valence-electron chi connectivity index (χ0n) is 13.7. The van der Waals surface area contributed by atoms with Crippen molar-refractivity contribution in [3.8, 4) is 11.5 Å². The average Bonchev–Trinajstić information content (AvgIpc) is 2.58. The van der Waals surface area contributed by atoms with E-state index in [-0.39, 0.29) is 18.1 Å². The van der Waals surface area contributed by atoms with Crippen LogP contribution in [0.4, 0.5) is 4.39 Å². The summed E-state index contributed by atoms with van der Waals surface area (Å²) in [4.78, 5) is 23.3. The van der Waals surface area contributed by atoms with Gasteiger partial charge in [0, 0.05) is 5.57 Å². The first kappa shape index (κ1) is 18.1. The third-order valence-electron chi connectivity index (χ3n) is 3.74. The van der Waals surface area contributed by atoms with Crippen LogP contribution in [0.15, 0.2) is 40.4 Å². The molecule has 0 saturated carbocycles. The van der Waals surface area contributed by atoms with Gasteiger partial charge in [0.05, 0.1) is 10.0 Å². The molecular formula is C19H14BrFO5. The summed E-state index contributed by atoms with van der Waals surface area (Å²) in [5.41, 5.74) is 2.29. The van der Waals surface area contributed by atoms with Crippen LogP contribution in [0, 0.1) is 12.7 Å². The molecule has 0 bridgehead atoms. The van der Waals surface area contributed by atoms with Crippen molar-refractivity contribution in [1.29, 1.82) is 0 Å². The second-order valence-corrected chi connectivity index (χ2v) is 6.64. The molecule has 2 aromatic carbocycles. The van der Waals surface area contributed by atoms with E-state index in [0.29, 0.717) is 26.9 Å². The molecule has 134 valence electrons. The molecule has 5 nitrogen and oxygen atoms in total. The average molecular weight is 421 g/mol. The van der Waals surface area contributed by atoms with Gasteiger partial charge in [0.25, 0.3) is 0 Å². The largest absolute Gasteiger partial charge is 0.487 e. The van der Waals surface area contributed by atoms with Gasteiger partial charge in [0.1, 0.15) is 12.4 Å². The van der Waals surface area contributed by atoms with E-state index < -0.39 is 18.4 Å². The first-order valence-electron chi connectivity index (χ1n) is 7.67. The number of ketones is 1. The summed E-state index contributed by atoms with van der Waals surface area (Å²) in [5.74, 6) is -1.74. The highest BCUT2D eigenvalue weighted by Crippen LogP contribution is 2.36. The number of carbonyl (C=O) groups excluding carboxylic acids is 1. The van der Waals surface area contributed by atoms with Crippen LogP contribution in [0.3, 0.4) is 0 Å². The maximum Gasteiger partial charge on any atom is 0.341 e. The van der Waals surface area contributed by atoms with E-state index in [2.05, 4.69) is 15.9 Å². The van der Waals surface area contributed by atoms with Gasteiger partial charge in [0.2, 0.25) is 0 Å². The number of hydrogen-bond donors (Lipinski definition) is 1. The van der Waals surface area contributed by atoms with Crippen molar-refractivity contribution in [2.45, 2.75) is 6.92 Å². The van der Waals surface area contributed by atoms with E-state index >= 15 is 0 Å². The molecule has 2 aromatic rings. The number of halogens is 2. The number of carboxylic acids is 1. The number of ether oxygens (including phenoxy) is 2. The van der Waals surface area contributed by atoms with Gasteiger partial charge in [-0.15, -0.1) is 0 Å². The lowest BCUT2D eigenvalue weighted by molar-refractivity contribution is -0.139. The predicted octanol–water partition coefficient (Wildman–Crippen LogP) is 4.02. The Morgan fingerprint density at radius 2 is 2.15 bits per heavy atom. The minimum absolute atomic E-state index is 0.0796. The molecule has 0 radical (unpaired) electrons. The number of carboxylic acid groups (broad SMARTS) is 1. The molecule has 0 spiro atoms. The van der Waals surface area contributed by atoms with Gasteiger partial charge in [0.15, 0.2) is 24.0 Å². The fraction of sp³-hybridized carbons (Fsp3) is 0.158. The van der Waals surface area contributed by atoms with Crippen LogP contribution < -0.4 is 9.47 Å². The van der Waals surface area contributed by atoms with Crippen molar-refractivity contribution >= 4 is 33.8 Å². The summed E-state index contributed by atoms with van der Waals surface area (Å²) < 4.78 is 25.0. The van der Waals surface area contributed by atoms with E-state index in [4.69, 9.17) is 14.6 Å². The van der Waals surface area contributed by atoms with Crippen molar-refractivity contribution in [2.75, 3.05) is 13.2 Å². The summed E-state index contributed by atoms with van der Waals surface area (Å²) in [7, 11) is 0.